The summed E-state index contributed by atoms with van der Waals surface area (Å²) in [4.78, 5) is 10.3. The first-order valence-electron chi connectivity index (χ1n) is 22.3. The Bertz CT molecular complexity index is 2980. The SMILES string of the molecule is [2H]C(C)(C)c1cc(-c2ccc(-n3c(-c4ccccc4O)nc4c(-c5[c-]c(-c6cc(-c7ccc(C(C)(C)C)cc7)ccn6)cc(C(C)(C)C)c5)cccc43)c(C)c2)cc(C([2H])(C)C)c1.[Pt]. The van der Waals surface area contributed by atoms with Gasteiger partial charge in [-0.2, -0.15) is 0 Å². The quantitative estimate of drug-likeness (QED) is 0.154. The van der Waals surface area contributed by atoms with E-state index in [2.05, 4.69) is 156 Å². The molecule has 4 nitrogen and oxygen atoms in total. The van der Waals surface area contributed by atoms with E-state index >= 15 is 0 Å². The second kappa shape index (κ2) is 17.3. The van der Waals surface area contributed by atoms with Crippen LogP contribution >= 0.6 is 0 Å². The van der Waals surface area contributed by atoms with Crippen molar-refractivity contribution in [3.05, 3.63) is 167 Å². The Morgan fingerprint density at radius 2 is 1.23 bits per heavy atom. The van der Waals surface area contributed by atoms with Gasteiger partial charge in [-0.05, 0) is 110 Å². The molecule has 8 rings (SSSR count). The molecule has 6 aromatic carbocycles. The van der Waals surface area contributed by atoms with E-state index in [0.717, 1.165) is 83.6 Å². The van der Waals surface area contributed by atoms with Crippen LogP contribution in [0.5, 0.6) is 5.75 Å². The number of phenolic OH excluding ortho intramolecular Hbond substituents is 1. The van der Waals surface area contributed by atoms with E-state index in [1.807, 2.05) is 58.2 Å². The number of pyridine rings is 1. The molecule has 0 amide bonds. The van der Waals surface area contributed by atoms with Crippen molar-refractivity contribution in [2.24, 2.45) is 0 Å². The van der Waals surface area contributed by atoms with Crippen molar-refractivity contribution in [1.82, 2.24) is 14.5 Å². The molecule has 1 N–H and O–H groups in total. The molecule has 2 heterocycles. The van der Waals surface area contributed by atoms with Gasteiger partial charge in [0.1, 0.15) is 11.6 Å². The summed E-state index contributed by atoms with van der Waals surface area (Å²) in [5, 5.41) is 11.3. The summed E-state index contributed by atoms with van der Waals surface area (Å²) in [6.07, 6.45) is 1.89. The number of imidazole rings is 1. The van der Waals surface area contributed by atoms with Gasteiger partial charge >= 0.3 is 0 Å². The van der Waals surface area contributed by atoms with Crippen molar-refractivity contribution in [1.29, 1.82) is 0 Å². The second-order valence-electron chi connectivity index (χ2n) is 19.0. The van der Waals surface area contributed by atoms with E-state index < -0.39 is 11.8 Å². The van der Waals surface area contributed by atoms with Gasteiger partial charge in [0, 0.05) is 35.7 Å². The van der Waals surface area contributed by atoms with Crippen LogP contribution in [0, 0.1) is 13.0 Å². The van der Waals surface area contributed by atoms with Gasteiger partial charge in [0.2, 0.25) is 0 Å². The molecule has 5 heteroatoms. The Balaban J connectivity index is 0.00000612. The summed E-state index contributed by atoms with van der Waals surface area (Å²) in [5.74, 6) is -0.876. The number of hydrogen-bond donors (Lipinski definition) is 1. The fourth-order valence-corrected chi connectivity index (χ4v) is 8.07. The predicted octanol–water partition coefficient (Wildman–Crippen LogP) is 15.4. The molecule has 0 bridgehead atoms. The zero-order valence-corrected chi connectivity index (χ0v) is 40.1. The average molecular weight is 998 g/mol. The third-order valence-corrected chi connectivity index (χ3v) is 11.8. The summed E-state index contributed by atoms with van der Waals surface area (Å²) in [5.41, 5.74) is 16.2. The van der Waals surface area contributed by atoms with Gasteiger partial charge in [0.15, 0.2) is 0 Å². The molecule has 0 aliphatic carbocycles. The second-order valence-corrected chi connectivity index (χ2v) is 19.0. The molecule has 0 atom stereocenters. The van der Waals surface area contributed by atoms with Crippen molar-refractivity contribution in [3.63, 3.8) is 0 Å². The normalized spacial score (nSPS) is 12.8. The molecule has 0 aliphatic heterocycles. The number of phenols is 1. The molecular weight excluding hydrogens is 938 g/mol. The zero-order chi connectivity index (χ0) is 45.2. The molecule has 62 heavy (non-hydrogen) atoms. The van der Waals surface area contributed by atoms with Gasteiger partial charge in [-0.1, -0.05) is 159 Å². The Morgan fingerprint density at radius 1 is 0.613 bits per heavy atom. The molecule has 0 radical (unpaired) electrons. The fourth-order valence-electron chi connectivity index (χ4n) is 8.07. The topological polar surface area (TPSA) is 50.9 Å². The summed E-state index contributed by atoms with van der Waals surface area (Å²) >= 11 is 0. The maximum absolute atomic E-state index is 11.3. The number of benzene rings is 6. The summed E-state index contributed by atoms with van der Waals surface area (Å²) in [6.45, 7) is 23.0. The van der Waals surface area contributed by atoms with Gasteiger partial charge in [-0.15, -0.1) is 29.3 Å². The number of fused-ring (bicyclic) bond motifs is 1. The van der Waals surface area contributed by atoms with Crippen LogP contribution in [0.3, 0.4) is 0 Å². The third kappa shape index (κ3) is 8.86. The van der Waals surface area contributed by atoms with Crippen LogP contribution in [-0.2, 0) is 31.9 Å². The Morgan fingerprint density at radius 3 is 1.85 bits per heavy atom. The number of hydrogen-bond acceptors (Lipinski definition) is 3. The van der Waals surface area contributed by atoms with E-state index in [1.54, 1.807) is 6.07 Å². The predicted molar refractivity (Wildman–Crippen MR) is 257 cm³/mol. The fraction of sp³-hybridized carbons (Fsp3) is 0.263. The number of aromatic nitrogens is 3. The van der Waals surface area contributed by atoms with Crippen LogP contribution in [0.15, 0.2) is 134 Å². The van der Waals surface area contributed by atoms with E-state index in [4.69, 9.17) is 12.7 Å². The third-order valence-electron chi connectivity index (χ3n) is 11.8. The standard InChI is InChI=1S/C57H58N3O.Pt/c1-35(2)41-28-42(36(3)4)30-43(29-41)39-21-24-51(37(5)27-39)60-52-17-14-16-48(54(52)59-55(60)49-15-12-13-18-53(49)61)44-31-45(33-47(32-44)57(9,10)11)50-34-40(25-26-58-50)38-19-22-46(23-20-38)56(6,7)8;/h12-30,32-36,61H,1-11H3;/q-1;/i35D,36D;. The Kier molecular flexibility index (Phi) is 11.7. The first-order valence-corrected chi connectivity index (χ1v) is 21.3. The Hall–Kier alpha value is -5.57. The van der Waals surface area contributed by atoms with Crippen molar-refractivity contribution < 1.29 is 28.9 Å². The number of aryl methyl sites for hydroxylation is 1. The minimum atomic E-state index is -0.824. The molecule has 0 unspecified atom stereocenters. The maximum atomic E-state index is 11.3. The first kappa shape index (κ1) is 41.8. The molecule has 318 valence electrons. The molecule has 0 saturated carbocycles. The largest absolute Gasteiger partial charge is 0.507 e. The van der Waals surface area contributed by atoms with E-state index in [-0.39, 0.29) is 37.6 Å². The van der Waals surface area contributed by atoms with Crippen LogP contribution in [-0.4, -0.2) is 19.6 Å². The number of para-hydroxylation sites is 2. The summed E-state index contributed by atoms with van der Waals surface area (Å²) < 4.78 is 19.8. The maximum Gasteiger partial charge on any atom is 0.148 e. The van der Waals surface area contributed by atoms with Gasteiger partial charge in [0.05, 0.1) is 22.3 Å². The first-order chi connectivity index (χ1) is 29.6. The number of nitrogens with zero attached hydrogens (tertiary/aromatic N) is 3. The molecule has 2 aromatic heterocycles. The van der Waals surface area contributed by atoms with Crippen molar-refractivity contribution in [3.8, 4) is 67.5 Å². The van der Waals surface area contributed by atoms with Crippen molar-refractivity contribution >= 4 is 11.0 Å². The summed E-state index contributed by atoms with van der Waals surface area (Å²) in [7, 11) is 0. The molecule has 0 spiro atoms. The molecule has 0 fully saturated rings. The molecular formula is C57H58N3OPt-. The van der Waals surface area contributed by atoms with Gasteiger partial charge in [-0.3, -0.25) is 9.55 Å². The van der Waals surface area contributed by atoms with Crippen LogP contribution in [0.25, 0.3) is 72.7 Å². The zero-order valence-electron chi connectivity index (χ0n) is 39.8. The number of rotatable bonds is 8. The Labute approximate surface area is 386 Å². The van der Waals surface area contributed by atoms with Crippen molar-refractivity contribution in [2.75, 3.05) is 0 Å². The smallest absolute Gasteiger partial charge is 0.148 e. The minimum absolute atomic E-state index is 0. The van der Waals surface area contributed by atoms with E-state index in [9.17, 15) is 5.11 Å². The minimum Gasteiger partial charge on any atom is -0.507 e. The van der Waals surface area contributed by atoms with Crippen LogP contribution in [0.2, 0.25) is 0 Å². The van der Waals surface area contributed by atoms with E-state index in [1.165, 1.54) is 5.56 Å². The monoisotopic (exact) mass is 997 g/mol. The van der Waals surface area contributed by atoms with Crippen LogP contribution in [0.4, 0.5) is 0 Å². The molecule has 0 saturated heterocycles. The van der Waals surface area contributed by atoms with Gasteiger partial charge < -0.3 is 5.11 Å². The van der Waals surface area contributed by atoms with Crippen LogP contribution < -0.4 is 0 Å². The average Bonchev–Trinajstić information content (AvgIpc) is 3.61. The van der Waals surface area contributed by atoms with Crippen LogP contribution in [0.1, 0.15) is 112 Å². The summed E-state index contributed by atoms with van der Waals surface area (Å²) in [6, 6.07) is 47.5. The molecule has 8 aromatic rings. The number of aromatic hydroxyl groups is 1. The van der Waals surface area contributed by atoms with Crippen molar-refractivity contribution in [2.45, 2.75) is 98.8 Å². The van der Waals surface area contributed by atoms with E-state index in [0.29, 0.717) is 11.4 Å². The van der Waals surface area contributed by atoms with Gasteiger partial charge in [0.25, 0.3) is 0 Å². The van der Waals surface area contributed by atoms with Gasteiger partial charge in [-0.25, -0.2) is 4.98 Å². The molecule has 0 aliphatic rings.